The van der Waals surface area contributed by atoms with Crippen LogP contribution < -0.4 is 10.1 Å². The Bertz CT molecular complexity index is 1050. The zero-order chi connectivity index (χ0) is 26.5. The molecular weight excluding hydrogens is 478 g/mol. The third kappa shape index (κ3) is 6.48. The lowest BCUT2D eigenvalue weighted by molar-refractivity contribution is -0.340. The lowest BCUT2D eigenvalue weighted by Crippen LogP contribution is -2.68. The highest BCUT2D eigenvalue weighted by molar-refractivity contribution is 5.73. The van der Waals surface area contributed by atoms with Crippen molar-refractivity contribution in [3.05, 3.63) is 65.7 Å². The summed E-state index contributed by atoms with van der Waals surface area (Å²) in [6, 6.07) is 16.3. The van der Waals surface area contributed by atoms with Gasteiger partial charge in [0.2, 0.25) is 12.2 Å². The average Bonchev–Trinajstić information content (AvgIpc) is 2.90. The van der Waals surface area contributed by atoms with Crippen molar-refractivity contribution in [2.75, 3.05) is 6.61 Å². The minimum atomic E-state index is -1.16. The number of fused-ring (bicyclic) bond motifs is 1. The fourth-order valence-corrected chi connectivity index (χ4v) is 4.54. The molecule has 37 heavy (non-hydrogen) atoms. The Hall–Kier alpha value is -2.98. The SMILES string of the molecule is CC[C@H](C)c1ccc(O[C@@H]2O[C@@H]3CO[C@H](c4ccccc4)O[C@@H]3[C@H](O[C@H](C)C(=O)O)[C@H]2NC(C)=O)cc1. The highest BCUT2D eigenvalue weighted by Gasteiger charge is 2.52. The van der Waals surface area contributed by atoms with Crippen LogP contribution in [0.4, 0.5) is 0 Å². The minimum Gasteiger partial charge on any atom is -0.479 e. The zero-order valence-electron chi connectivity index (χ0n) is 21.5. The summed E-state index contributed by atoms with van der Waals surface area (Å²) in [5.74, 6) is -0.502. The van der Waals surface area contributed by atoms with Crippen molar-refractivity contribution >= 4 is 11.9 Å². The van der Waals surface area contributed by atoms with Crippen LogP contribution in [0, 0.1) is 0 Å². The second-order valence-corrected chi connectivity index (χ2v) is 9.52. The number of hydrogen-bond acceptors (Lipinski definition) is 7. The molecule has 0 unspecified atom stereocenters. The van der Waals surface area contributed by atoms with E-state index in [9.17, 15) is 14.7 Å². The maximum Gasteiger partial charge on any atom is 0.332 e. The highest BCUT2D eigenvalue weighted by Crippen LogP contribution is 2.36. The number of amides is 1. The molecule has 9 nitrogen and oxygen atoms in total. The molecule has 200 valence electrons. The molecule has 2 aliphatic heterocycles. The van der Waals surface area contributed by atoms with Gasteiger partial charge in [0, 0.05) is 12.5 Å². The van der Waals surface area contributed by atoms with Crippen LogP contribution in [0.25, 0.3) is 0 Å². The smallest absolute Gasteiger partial charge is 0.332 e. The number of carboxylic acids is 1. The van der Waals surface area contributed by atoms with E-state index in [-0.39, 0.29) is 12.5 Å². The highest BCUT2D eigenvalue weighted by atomic mass is 16.8. The number of nitrogens with one attached hydrogen (secondary N) is 1. The van der Waals surface area contributed by atoms with Crippen molar-refractivity contribution < 1.29 is 38.4 Å². The predicted octanol–water partition coefficient (Wildman–Crippen LogP) is 3.78. The first-order valence-corrected chi connectivity index (χ1v) is 12.7. The minimum absolute atomic E-state index is 0.172. The number of carbonyl (C=O) groups excluding carboxylic acids is 1. The summed E-state index contributed by atoms with van der Waals surface area (Å²) in [6.07, 6.45) is -4.01. The monoisotopic (exact) mass is 513 g/mol. The second kappa shape index (κ2) is 12.0. The van der Waals surface area contributed by atoms with E-state index in [1.54, 1.807) is 0 Å². The number of carbonyl (C=O) groups is 2. The summed E-state index contributed by atoms with van der Waals surface area (Å²) in [5.41, 5.74) is 2.00. The summed E-state index contributed by atoms with van der Waals surface area (Å²) >= 11 is 0. The molecule has 2 saturated heterocycles. The summed E-state index contributed by atoms with van der Waals surface area (Å²) in [7, 11) is 0. The van der Waals surface area contributed by atoms with Gasteiger partial charge in [0.05, 0.1) is 6.61 Å². The summed E-state index contributed by atoms with van der Waals surface area (Å²) < 4.78 is 30.6. The predicted molar refractivity (Wildman–Crippen MR) is 134 cm³/mol. The van der Waals surface area contributed by atoms with Crippen LogP contribution in [0.3, 0.4) is 0 Å². The molecule has 2 heterocycles. The molecular formula is C28H35NO8. The topological polar surface area (TPSA) is 113 Å². The van der Waals surface area contributed by atoms with Crippen molar-refractivity contribution in [3.8, 4) is 5.75 Å². The van der Waals surface area contributed by atoms with Crippen molar-refractivity contribution in [1.82, 2.24) is 5.32 Å². The zero-order valence-corrected chi connectivity index (χ0v) is 21.5. The van der Waals surface area contributed by atoms with E-state index in [4.69, 9.17) is 23.7 Å². The van der Waals surface area contributed by atoms with Gasteiger partial charge in [-0.3, -0.25) is 4.79 Å². The van der Waals surface area contributed by atoms with Crippen LogP contribution in [-0.2, 0) is 28.5 Å². The lowest BCUT2D eigenvalue weighted by atomic mass is 9.95. The van der Waals surface area contributed by atoms with Gasteiger partial charge in [-0.1, -0.05) is 56.3 Å². The van der Waals surface area contributed by atoms with Crippen LogP contribution in [0.5, 0.6) is 5.75 Å². The summed E-state index contributed by atoms with van der Waals surface area (Å²) in [4.78, 5) is 23.9. The van der Waals surface area contributed by atoms with Crippen LogP contribution >= 0.6 is 0 Å². The standard InChI is InChI=1S/C28H35NO8/c1-5-16(2)19-11-13-21(14-12-19)35-28-23(29-18(4)30)25(34-17(3)26(31)32)24-22(36-28)15-33-27(37-24)20-9-7-6-8-10-20/h6-14,16-17,22-25,27-28H,5,15H2,1-4H3,(H,29,30)(H,31,32)/t16-,17+,22+,23+,24-,25+,27-,28+/m0/s1. The van der Waals surface area contributed by atoms with Gasteiger partial charge in [0.25, 0.3) is 0 Å². The Kier molecular flexibility index (Phi) is 8.81. The Labute approximate surface area is 217 Å². The molecule has 8 atom stereocenters. The Morgan fingerprint density at radius 3 is 2.41 bits per heavy atom. The summed E-state index contributed by atoms with van der Waals surface area (Å²) in [6.45, 7) is 7.28. The van der Waals surface area contributed by atoms with Gasteiger partial charge in [0.1, 0.15) is 30.1 Å². The average molecular weight is 514 g/mol. The number of hydrogen-bond donors (Lipinski definition) is 2. The van der Waals surface area contributed by atoms with Gasteiger partial charge in [-0.05, 0) is 37.0 Å². The Morgan fingerprint density at radius 2 is 1.78 bits per heavy atom. The van der Waals surface area contributed by atoms with Crippen LogP contribution in [-0.4, -0.2) is 60.3 Å². The van der Waals surface area contributed by atoms with Crippen LogP contribution in [0.15, 0.2) is 54.6 Å². The van der Waals surface area contributed by atoms with E-state index in [1.807, 2.05) is 54.6 Å². The number of rotatable bonds is 9. The second-order valence-electron chi connectivity index (χ2n) is 9.52. The molecule has 2 N–H and O–H groups in total. The van der Waals surface area contributed by atoms with Gasteiger partial charge >= 0.3 is 5.97 Å². The lowest BCUT2D eigenvalue weighted by Gasteiger charge is -2.49. The fourth-order valence-electron chi connectivity index (χ4n) is 4.54. The van der Waals surface area contributed by atoms with Crippen molar-refractivity contribution in [2.24, 2.45) is 0 Å². The van der Waals surface area contributed by atoms with E-state index >= 15 is 0 Å². The molecule has 0 aromatic heterocycles. The van der Waals surface area contributed by atoms with E-state index in [0.717, 1.165) is 12.0 Å². The Balaban J connectivity index is 1.62. The molecule has 0 radical (unpaired) electrons. The first-order chi connectivity index (χ1) is 17.8. The van der Waals surface area contributed by atoms with Crippen LogP contribution in [0.2, 0.25) is 0 Å². The number of ether oxygens (including phenoxy) is 5. The fraction of sp³-hybridized carbons (Fsp3) is 0.500. The van der Waals surface area contributed by atoms with Gasteiger partial charge in [-0.15, -0.1) is 0 Å². The quantitative estimate of drug-likeness (QED) is 0.521. The molecule has 0 saturated carbocycles. The van der Waals surface area contributed by atoms with Crippen molar-refractivity contribution in [3.63, 3.8) is 0 Å². The van der Waals surface area contributed by atoms with Crippen LogP contribution in [0.1, 0.15) is 57.5 Å². The third-order valence-electron chi connectivity index (χ3n) is 6.80. The maximum atomic E-state index is 12.2. The molecule has 2 aliphatic rings. The van der Waals surface area contributed by atoms with E-state index in [1.165, 1.54) is 19.4 Å². The molecule has 0 bridgehead atoms. The first kappa shape index (κ1) is 27.1. The molecule has 1 amide bonds. The molecule has 0 aliphatic carbocycles. The van der Waals surface area contributed by atoms with Crippen molar-refractivity contribution in [1.29, 1.82) is 0 Å². The normalized spacial score (nSPS) is 29.0. The molecule has 0 spiro atoms. The first-order valence-electron chi connectivity index (χ1n) is 12.7. The number of carboxylic acid groups (broad SMARTS) is 1. The van der Waals surface area contributed by atoms with Gasteiger partial charge in [-0.2, -0.15) is 0 Å². The molecule has 2 aromatic rings. The molecule has 2 fully saturated rings. The molecule has 4 rings (SSSR count). The van der Waals surface area contributed by atoms with Gasteiger partial charge in [0.15, 0.2) is 12.4 Å². The van der Waals surface area contributed by atoms with Crippen molar-refractivity contribution in [2.45, 2.75) is 83.1 Å². The maximum absolute atomic E-state index is 12.2. The largest absolute Gasteiger partial charge is 0.479 e. The Morgan fingerprint density at radius 1 is 1.08 bits per heavy atom. The third-order valence-corrected chi connectivity index (χ3v) is 6.80. The van der Waals surface area contributed by atoms with Gasteiger partial charge < -0.3 is 34.1 Å². The van der Waals surface area contributed by atoms with E-state index in [0.29, 0.717) is 11.7 Å². The number of aliphatic carboxylic acids is 1. The van der Waals surface area contributed by atoms with E-state index in [2.05, 4.69) is 19.2 Å². The molecule has 9 heteroatoms. The van der Waals surface area contributed by atoms with E-state index < -0.39 is 49.0 Å². The number of benzene rings is 2. The van der Waals surface area contributed by atoms with Gasteiger partial charge in [-0.25, -0.2) is 4.79 Å². The summed E-state index contributed by atoms with van der Waals surface area (Å²) in [5, 5.41) is 12.4. The molecule has 2 aromatic carbocycles.